The summed E-state index contributed by atoms with van der Waals surface area (Å²) in [5, 5.41) is 0. The van der Waals surface area contributed by atoms with Gasteiger partial charge in [-0.1, -0.05) is 83.8 Å². The summed E-state index contributed by atoms with van der Waals surface area (Å²) >= 11 is 0. The fourth-order valence-corrected chi connectivity index (χ4v) is 4.60. The van der Waals surface area contributed by atoms with E-state index in [4.69, 9.17) is 9.47 Å². The normalized spacial score (nSPS) is 13.4. The predicted octanol–water partition coefficient (Wildman–Crippen LogP) is 9.49. The first-order valence-corrected chi connectivity index (χ1v) is 15.0. The zero-order valence-corrected chi connectivity index (χ0v) is 24.7. The number of nitrogens with zero attached hydrogens (tertiary/aromatic N) is 2. The van der Waals surface area contributed by atoms with Crippen LogP contribution in [0.15, 0.2) is 60.9 Å². The lowest BCUT2D eigenvalue weighted by Crippen LogP contribution is -2.34. The molecule has 41 heavy (non-hydrogen) atoms. The van der Waals surface area contributed by atoms with Crippen LogP contribution in [0.25, 0.3) is 22.5 Å². The number of carbonyl (C=O) groups excluding carboxylic acids is 1. The van der Waals surface area contributed by atoms with Gasteiger partial charge in [0.2, 0.25) is 5.67 Å². The summed E-state index contributed by atoms with van der Waals surface area (Å²) in [5.41, 5.74) is 0.440. The van der Waals surface area contributed by atoms with Crippen LogP contribution in [-0.2, 0) is 4.79 Å². The van der Waals surface area contributed by atoms with Crippen molar-refractivity contribution in [3.63, 3.8) is 0 Å². The molecular formula is C34H44F2N2O3. The first kappa shape index (κ1) is 32.2. The Morgan fingerprint density at radius 2 is 1.34 bits per heavy atom. The van der Waals surface area contributed by atoms with Crippen molar-refractivity contribution in [2.45, 2.75) is 103 Å². The first-order valence-electron chi connectivity index (χ1n) is 15.0. The van der Waals surface area contributed by atoms with Crippen LogP contribution in [0.1, 0.15) is 91.4 Å². The van der Waals surface area contributed by atoms with Gasteiger partial charge in [-0.3, -0.25) is 0 Å². The number of carbonyl (C=O) groups is 1. The van der Waals surface area contributed by atoms with Gasteiger partial charge >= 0.3 is 5.97 Å². The van der Waals surface area contributed by atoms with Crippen LogP contribution in [-0.4, -0.2) is 34.4 Å². The Labute approximate surface area is 243 Å². The van der Waals surface area contributed by atoms with Crippen LogP contribution in [0.3, 0.4) is 0 Å². The number of aromatic nitrogens is 2. The second kappa shape index (κ2) is 16.8. The molecule has 0 bridgehead atoms. The number of alkyl halides is 2. The summed E-state index contributed by atoms with van der Waals surface area (Å²) < 4.78 is 39.5. The molecule has 0 aliphatic rings. The van der Waals surface area contributed by atoms with Gasteiger partial charge in [0, 0.05) is 23.5 Å². The first-order chi connectivity index (χ1) is 19.8. The Bertz CT molecular complexity index is 1170. The van der Waals surface area contributed by atoms with E-state index in [0.717, 1.165) is 29.5 Å². The van der Waals surface area contributed by atoms with Gasteiger partial charge < -0.3 is 9.47 Å². The summed E-state index contributed by atoms with van der Waals surface area (Å²) in [6, 6.07) is 14.1. The van der Waals surface area contributed by atoms with Gasteiger partial charge in [0.15, 0.2) is 5.82 Å². The molecule has 0 saturated carbocycles. The molecule has 0 spiro atoms. The fourth-order valence-electron chi connectivity index (χ4n) is 4.60. The smallest absolute Gasteiger partial charge is 0.348 e. The molecule has 0 fully saturated rings. The molecule has 1 heterocycles. The number of unbranched alkanes of at least 4 members (excludes halogenated alkanes) is 7. The zero-order valence-electron chi connectivity index (χ0n) is 24.7. The molecule has 3 aromatic rings. The molecule has 222 valence electrons. The minimum Gasteiger partial charge on any atom is -0.491 e. The Balaban J connectivity index is 1.43. The quantitative estimate of drug-likeness (QED) is 0.0872. The van der Waals surface area contributed by atoms with E-state index in [9.17, 15) is 13.6 Å². The van der Waals surface area contributed by atoms with Crippen LogP contribution < -0.4 is 9.47 Å². The van der Waals surface area contributed by atoms with Crippen LogP contribution in [0.5, 0.6) is 11.5 Å². The molecule has 0 amide bonds. The topological polar surface area (TPSA) is 61.3 Å². The summed E-state index contributed by atoms with van der Waals surface area (Å²) in [6.45, 7) is 5.34. The van der Waals surface area contributed by atoms with Gasteiger partial charge in [-0.25, -0.2) is 23.5 Å². The van der Waals surface area contributed by atoms with E-state index in [2.05, 4.69) is 16.9 Å². The van der Waals surface area contributed by atoms with Crippen molar-refractivity contribution < 1.29 is 23.0 Å². The van der Waals surface area contributed by atoms with Gasteiger partial charge in [-0.05, 0) is 61.7 Å². The number of benzene rings is 2. The van der Waals surface area contributed by atoms with Crippen molar-refractivity contribution in [3.05, 3.63) is 60.9 Å². The maximum Gasteiger partial charge on any atom is 0.348 e. The van der Waals surface area contributed by atoms with E-state index in [1.165, 1.54) is 45.4 Å². The number of halogens is 2. The molecule has 0 saturated heterocycles. The second-order valence-corrected chi connectivity index (χ2v) is 10.9. The van der Waals surface area contributed by atoms with E-state index in [1.54, 1.807) is 48.8 Å². The number of hydrogen-bond acceptors (Lipinski definition) is 5. The SMILES string of the molecule is CCCCCCCCCC[C@H](F)COc1ccc(-c2ncc(-c3ccc(OC(=O)[C@@](C)(F)CCC)cc3)cn2)cc1. The summed E-state index contributed by atoms with van der Waals surface area (Å²) in [7, 11) is 0. The lowest BCUT2D eigenvalue weighted by Gasteiger charge is -2.17. The molecule has 0 N–H and O–H groups in total. The van der Waals surface area contributed by atoms with Crippen molar-refractivity contribution in [1.82, 2.24) is 9.97 Å². The summed E-state index contributed by atoms with van der Waals surface area (Å²) in [5.74, 6) is 0.569. The van der Waals surface area contributed by atoms with Crippen LogP contribution in [0.4, 0.5) is 8.78 Å². The Hall–Kier alpha value is -3.35. The van der Waals surface area contributed by atoms with Crippen LogP contribution in [0.2, 0.25) is 0 Å². The third kappa shape index (κ3) is 10.9. The van der Waals surface area contributed by atoms with E-state index in [0.29, 0.717) is 24.4 Å². The number of esters is 1. The minimum atomic E-state index is -2.01. The highest BCUT2D eigenvalue weighted by atomic mass is 19.1. The van der Waals surface area contributed by atoms with Crippen molar-refractivity contribution in [2.24, 2.45) is 0 Å². The highest BCUT2D eigenvalue weighted by Crippen LogP contribution is 2.26. The van der Waals surface area contributed by atoms with Gasteiger partial charge in [-0.15, -0.1) is 0 Å². The van der Waals surface area contributed by atoms with Gasteiger partial charge in [0.25, 0.3) is 0 Å². The highest BCUT2D eigenvalue weighted by Gasteiger charge is 2.34. The lowest BCUT2D eigenvalue weighted by atomic mass is 10.0. The van der Waals surface area contributed by atoms with Crippen LogP contribution >= 0.6 is 0 Å². The molecule has 2 aromatic carbocycles. The van der Waals surface area contributed by atoms with Gasteiger partial charge in [-0.2, -0.15) is 0 Å². The van der Waals surface area contributed by atoms with E-state index < -0.39 is 17.8 Å². The number of ether oxygens (including phenoxy) is 2. The predicted molar refractivity (Wildman–Crippen MR) is 161 cm³/mol. The van der Waals surface area contributed by atoms with Crippen molar-refractivity contribution >= 4 is 5.97 Å². The number of hydrogen-bond donors (Lipinski definition) is 0. The van der Waals surface area contributed by atoms with Crippen molar-refractivity contribution in [1.29, 1.82) is 0 Å². The second-order valence-electron chi connectivity index (χ2n) is 10.9. The molecule has 2 atom stereocenters. The van der Waals surface area contributed by atoms with Crippen molar-refractivity contribution in [3.8, 4) is 34.0 Å². The highest BCUT2D eigenvalue weighted by molar-refractivity contribution is 5.81. The van der Waals surface area contributed by atoms with E-state index >= 15 is 0 Å². The third-order valence-corrected chi connectivity index (χ3v) is 7.11. The summed E-state index contributed by atoms with van der Waals surface area (Å²) in [4.78, 5) is 21.0. The van der Waals surface area contributed by atoms with E-state index in [-0.39, 0.29) is 18.8 Å². The maximum absolute atomic E-state index is 14.4. The minimum absolute atomic E-state index is 0.0604. The maximum atomic E-state index is 14.4. The standard InChI is InChI=1S/C34H44F2N2O3/c1-4-6-7-8-9-10-11-12-13-29(35)25-40-30-18-16-27(17-19-30)32-37-23-28(24-38-32)26-14-20-31(21-15-26)41-33(39)34(3,36)22-5-2/h14-21,23-24,29H,4-13,22,25H2,1-3H3/t29-,34-/m0/s1. The van der Waals surface area contributed by atoms with Crippen LogP contribution in [0, 0.1) is 0 Å². The van der Waals surface area contributed by atoms with E-state index in [1.807, 2.05) is 19.1 Å². The Morgan fingerprint density at radius 1 is 0.780 bits per heavy atom. The van der Waals surface area contributed by atoms with Gasteiger partial charge in [0.05, 0.1) is 0 Å². The summed E-state index contributed by atoms with van der Waals surface area (Å²) in [6.07, 6.45) is 13.3. The molecule has 5 nitrogen and oxygen atoms in total. The monoisotopic (exact) mass is 566 g/mol. The Kier molecular flexibility index (Phi) is 13.2. The largest absolute Gasteiger partial charge is 0.491 e. The molecular weight excluding hydrogens is 522 g/mol. The Morgan fingerprint density at radius 3 is 1.95 bits per heavy atom. The molecule has 0 aliphatic heterocycles. The molecule has 7 heteroatoms. The average molecular weight is 567 g/mol. The van der Waals surface area contributed by atoms with Crippen molar-refractivity contribution in [2.75, 3.05) is 6.61 Å². The fraction of sp³-hybridized carbons (Fsp3) is 0.500. The zero-order chi connectivity index (χ0) is 29.5. The molecule has 0 radical (unpaired) electrons. The third-order valence-electron chi connectivity index (χ3n) is 7.11. The molecule has 0 unspecified atom stereocenters. The average Bonchev–Trinajstić information content (AvgIpc) is 2.98. The lowest BCUT2D eigenvalue weighted by molar-refractivity contribution is -0.147. The number of rotatable bonds is 18. The molecule has 3 rings (SSSR count). The molecule has 1 aromatic heterocycles. The van der Waals surface area contributed by atoms with Gasteiger partial charge in [0.1, 0.15) is 24.3 Å². The molecule has 0 aliphatic carbocycles.